The number of hydrogen-bond acceptors (Lipinski definition) is 5. The Kier molecular flexibility index (Phi) is 5.28. The van der Waals surface area contributed by atoms with Crippen molar-refractivity contribution in [1.29, 1.82) is 0 Å². The first kappa shape index (κ1) is 18.4. The Labute approximate surface area is 144 Å². The average Bonchev–Trinajstić information content (AvgIpc) is 2.50. The Morgan fingerprint density at radius 1 is 1.25 bits per heavy atom. The minimum absolute atomic E-state index is 0.0688. The molecular weight excluding hydrogens is 304 g/mol. The molecule has 134 valence electrons. The van der Waals surface area contributed by atoms with Crippen LogP contribution in [0.5, 0.6) is 5.75 Å². The molecule has 0 spiro atoms. The van der Waals surface area contributed by atoms with Crippen molar-refractivity contribution in [3.05, 3.63) is 17.2 Å². The van der Waals surface area contributed by atoms with Crippen LogP contribution in [-0.2, 0) is 5.41 Å². The summed E-state index contributed by atoms with van der Waals surface area (Å²) >= 11 is 0. The minimum Gasteiger partial charge on any atom is -0.408 e. The van der Waals surface area contributed by atoms with E-state index in [4.69, 9.17) is 16.2 Å². The van der Waals surface area contributed by atoms with Crippen LogP contribution in [-0.4, -0.2) is 43.7 Å². The van der Waals surface area contributed by atoms with E-state index in [1.54, 1.807) is 0 Å². The molecule has 1 aromatic rings. The van der Waals surface area contributed by atoms with E-state index in [1.807, 2.05) is 13.0 Å². The Bertz CT molecular complexity index is 614. The monoisotopic (exact) mass is 334 g/mol. The van der Waals surface area contributed by atoms with Gasteiger partial charge >= 0.3 is 6.09 Å². The Morgan fingerprint density at radius 3 is 2.29 bits per heavy atom. The lowest BCUT2D eigenvalue weighted by Crippen LogP contribution is -2.47. The molecule has 0 atom stereocenters. The van der Waals surface area contributed by atoms with Gasteiger partial charge in [0.2, 0.25) is 0 Å². The number of nitrogens with zero attached hydrogens (tertiary/aromatic N) is 2. The number of primary amides is 1. The fourth-order valence-electron chi connectivity index (χ4n) is 3.48. The summed E-state index contributed by atoms with van der Waals surface area (Å²) in [7, 11) is 0. The highest BCUT2D eigenvalue weighted by molar-refractivity contribution is 5.77. The Hall–Kier alpha value is -1.95. The Morgan fingerprint density at radius 2 is 1.83 bits per heavy atom. The van der Waals surface area contributed by atoms with Gasteiger partial charge in [-0.3, -0.25) is 0 Å². The van der Waals surface area contributed by atoms with Gasteiger partial charge in [-0.1, -0.05) is 27.7 Å². The number of piperazine rings is 1. The molecule has 2 rings (SSSR count). The predicted molar refractivity (Wildman–Crippen MR) is 98.8 cm³/mol. The van der Waals surface area contributed by atoms with Crippen LogP contribution in [0.1, 0.15) is 38.8 Å². The summed E-state index contributed by atoms with van der Waals surface area (Å²) in [5, 5.41) is 0. The number of carbonyl (C=O) groups is 1. The first-order valence-electron chi connectivity index (χ1n) is 8.53. The number of likely N-dealkylation sites (N-methyl/N-ethyl adjacent to an activating group) is 1. The summed E-state index contributed by atoms with van der Waals surface area (Å²) in [6, 6.07) is 1.87. The van der Waals surface area contributed by atoms with Gasteiger partial charge in [-0.25, -0.2) is 4.79 Å². The molecule has 0 saturated carbocycles. The fourth-order valence-corrected chi connectivity index (χ4v) is 3.48. The maximum atomic E-state index is 11.2. The van der Waals surface area contributed by atoms with Gasteiger partial charge in [0.05, 0.1) is 5.69 Å². The second-order valence-corrected chi connectivity index (χ2v) is 7.40. The highest BCUT2D eigenvalue weighted by atomic mass is 16.5. The third-order valence-electron chi connectivity index (χ3n) is 4.69. The van der Waals surface area contributed by atoms with Gasteiger partial charge in [0.25, 0.3) is 0 Å². The average molecular weight is 334 g/mol. The highest BCUT2D eigenvalue weighted by Gasteiger charge is 2.28. The maximum absolute atomic E-state index is 11.2. The number of rotatable bonds is 3. The van der Waals surface area contributed by atoms with Crippen molar-refractivity contribution in [3.8, 4) is 5.75 Å². The molecular formula is C18H30N4O2. The number of anilines is 2. The van der Waals surface area contributed by atoms with E-state index in [9.17, 15) is 4.79 Å². The number of nitrogen functional groups attached to an aromatic ring is 1. The SMILES string of the molecule is CCN1CCN(c2cc(OC(N)=O)c(N)c(C)c2C(C)(C)C)CC1. The molecule has 1 fully saturated rings. The second-order valence-electron chi connectivity index (χ2n) is 7.40. The van der Waals surface area contributed by atoms with Crippen molar-refractivity contribution < 1.29 is 9.53 Å². The molecule has 4 N–H and O–H groups in total. The summed E-state index contributed by atoms with van der Waals surface area (Å²) in [5.41, 5.74) is 15.1. The van der Waals surface area contributed by atoms with E-state index in [2.05, 4.69) is 37.5 Å². The predicted octanol–water partition coefficient (Wildman–Crippen LogP) is 2.47. The summed E-state index contributed by atoms with van der Waals surface area (Å²) in [6.45, 7) is 15.7. The summed E-state index contributed by atoms with van der Waals surface area (Å²) < 4.78 is 5.14. The van der Waals surface area contributed by atoms with Gasteiger partial charge in [0.15, 0.2) is 5.75 Å². The topological polar surface area (TPSA) is 84.8 Å². The van der Waals surface area contributed by atoms with Crippen LogP contribution in [0.25, 0.3) is 0 Å². The molecule has 1 aromatic carbocycles. The molecule has 1 aliphatic heterocycles. The highest BCUT2D eigenvalue weighted by Crippen LogP contribution is 2.42. The quantitative estimate of drug-likeness (QED) is 0.830. The normalized spacial score (nSPS) is 16.3. The van der Waals surface area contributed by atoms with Crippen molar-refractivity contribution in [1.82, 2.24) is 4.90 Å². The van der Waals surface area contributed by atoms with Crippen molar-refractivity contribution in [2.24, 2.45) is 5.73 Å². The number of benzene rings is 1. The number of amides is 1. The second kappa shape index (κ2) is 6.89. The molecule has 0 unspecified atom stereocenters. The van der Waals surface area contributed by atoms with Crippen molar-refractivity contribution >= 4 is 17.5 Å². The lowest BCUT2D eigenvalue weighted by atomic mass is 9.81. The standard InChI is InChI=1S/C18H30N4O2/c1-6-21-7-9-22(10-8-21)13-11-14(24-17(20)23)16(19)12(2)15(13)18(3,4)5/h11H,6-10,19H2,1-5H3,(H2,20,23). The summed E-state index contributed by atoms with van der Waals surface area (Å²) in [4.78, 5) is 16.0. The van der Waals surface area contributed by atoms with Crippen LogP contribution in [0.4, 0.5) is 16.2 Å². The van der Waals surface area contributed by atoms with E-state index in [-0.39, 0.29) is 5.41 Å². The third kappa shape index (κ3) is 3.75. The first-order valence-corrected chi connectivity index (χ1v) is 8.53. The molecule has 0 radical (unpaired) electrons. The summed E-state index contributed by atoms with van der Waals surface area (Å²) in [6.07, 6.45) is -0.841. The van der Waals surface area contributed by atoms with Gasteiger partial charge in [-0.2, -0.15) is 0 Å². The van der Waals surface area contributed by atoms with Crippen LogP contribution >= 0.6 is 0 Å². The molecule has 1 saturated heterocycles. The van der Waals surface area contributed by atoms with Gasteiger partial charge in [0, 0.05) is 37.9 Å². The van der Waals surface area contributed by atoms with Crippen LogP contribution in [0.15, 0.2) is 6.07 Å². The van der Waals surface area contributed by atoms with E-state index in [0.717, 1.165) is 44.0 Å². The largest absolute Gasteiger partial charge is 0.410 e. The van der Waals surface area contributed by atoms with Crippen molar-refractivity contribution in [2.45, 2.75) is 40.0 Å². The molecule has 0 aromatic heterocycles. The zero-order chi connectivity index (χ0) is 18.1. The molecule has 1 aliphatic rings. The number of nitrogens with two attached hydrogens (primary N) is 2. The van der Waals surface area contributed by atoms with Crippen molar-refractivity contribution in [3.63, 3.8) is 0 Å². The lowest BCUT2D eigenvalue weighted by molar-refractivity contribution is 0.211. The molecule has 0 aliphatic carbocycles. The van der Waals surface area contributed by atoms with Crippen LogP contribution in [0.2, 0.25) is 0 Å². The third-order valence-corrected chi connectivity index (χ3v) is 4.69. The van der Waals surface area contributed by atoms with Gasteiger partial charge in [-0.15, -0.1) is 0 Å². The van der Waals surface area contributed by atoms with Gasteiger partial charge in [-0.05, 0) is 30.0 Å². The zero-order valence-electron chi connectivity index (χ0n) is 15.5. The zero-order valence-corrected chi connectivity index (χ0v) is 15.5. The molecule has 6 nitrogen and oxygen atoms in total. The molecule has 24 heavy (non-hydrogen) atoms. The molecule has 6 heteroatoms. The maximum Gasteiger partial charge on any atom is 0.410 e. The van der Waals surface area contributed by atoms with Gasteiger partial charge < -0.3 is 26.0 Å². The number of ether oxygens (including phenoxy) is 1. The van der Waals surface area contributed by atoms with E-state index < -0.39 is 6.09 Å². The van der Waals surface area contributed by atoms with Crippen molar-refractivity contribution in [2.75, 3.05) is 43.4 Å². The van der Waals surface area contributed by atoms with Crippen LogP contribution < -0.4 is 21.1 Å². The molecule has 0 bridgehead atoms. The fraction of sp³-hybridized carbons (Fsp3) is 0.611. The van der Waals surface area contributed by atoms with E-state index >= 15 is 0 Å². The van der Waals surface area contributed by atoms with Gasteiger partial charge in [0.1, 0.15) is 0 Å². The van der Waals surface area contributed by atoms with Crippen LogP contribution in [0, 0.1) is 6.92 Å². The smallest absolute Gasteiger partial charge is 0.408 e. The van der Waals surface area contributed by atoms with E-state index in [0.29, 0.717) is 11.4 Å². The molecule has 1 heterocycles. The number of hydrogen-bond donors (Lipinski definition) is 2. The lowest BCUT2D eigenvalue weighted by Gasteiger charge is -2.39. The van der Waals surface area contributed by atoms with E-state index in [1.165, 1.54) is 5.56 Å². The van der Waals surface area contributed by atoms with Crippen LogP contribution in [0.3, 0.4) is 0 Å². The molecule has 1 amide bonds. The first-order chi connectivity index (χ1) is 11.1. The summed E-state index contributed by atoms with van der Waals surface area (Å²) in [5.74, 6) is 0.348. The minimum atomic E-state index is -0.841. The number of carbonyl (C=O) groups excluding carboxylic acids is 1. The Balaban J connectivity index is 2.51.